The molecule has 0 bridgehead atoms. The molecule has 1 atom stereocenters. The maximum absolute atomic E-state index is 11.7. The molecular weight excluding hydrogens is 234 g/mol. The number of benzene rings is 1. The van der Waals surface area contributed by atoms with Gasteiger partial charge in [-0.2, -0.15) is 0 Å². The summed E-state index contributed by atoms with van der Waals surface area (Å²) in [6, 6.07) is 8.12. The minimum absolute atomic E-state index is 0.285. The molecule has 1 aromatic rings. The van der Waals surface area contributed by atoms with Crippen LogP contribution in [0.4, 0.5) is 0 Å². The zero-order chi connectivity index (χ0) is 13.2. The molecule has 0 saturated carbocycles. The molecule has 0 saturated heterocycles. The molecule has 1 amide bonds. The van der Waals surface area contributed by atoms with Crippen LogP contribution in [0.3, 0.4) is 0 Å². The highest BCUT2D eigenvalue weighted by Gasteiger charge is 2.21. The molecule has 0 aromatic heterocycles. The molecule has 2 nitrogen and oxygen atoms in total. The zero-order valence-electron chi connectivity index (χ0n) is 10.8. The normalized spacial score (nSPS) is 23.1. The average Bonchev–Trinajstić information content (AvgIpc) is 2.39. The Bertz CT molecular complexity index is 607. The van der Waals surface area contributed by atoms with Crippen LogP contribution in [-0.4, -0.2) is 5.91 Å². The Morgan fingerprint density at radius 2 is 2.05 bits per heavy atom. The number of amides is 1. The molecule has 3 rings (SSSR count). The van der Waals surface area contributed by atoms with Gasteiger partial charge in [-0.15, -0.1) is 0 Å². The van der Waals surface area contributed by atoms with Gasteiger partial charge in [0.05, 0.1) is 5.92 Å². The summed E-state index contributed by atoms with van der Waals surface area (Å²) in [5.41, 5.74) is 10.5. The second-order valence-electron chi connectivity index (χ2n) is 5.11. The highest BCUT2D eigenvalue weighted by atomic mass is 16.1. The first kappa shape index (κ1) is 12.0. The number of carbonyl (C=O) groups excluding carboxylic acids is 1. The summed E-state index contributed by atoms with van der Waals surface area (Å²) in [6.07, 6.45) is 11.5. The van der Waals surface area contributed by atoms with Gasteiger partial charge in [0.25, 0.3) is 0 Å². The van der Waals surface area contributed by atoms with E-state index >= 15 is 0 Å². The van der Waals surface area contributed by atoms with Gasteiger partial charge in [-0.1, -0.05) is 54.1 Å². The van der Waals surface area contributed by atoms with Gasteiger partial charge in [0.15, 0.2) is 0 Å². The number of allylic oxidation sites excluding steroid dienone is 5. The van der Waals surface area contributed by atoms with Crippen molar-refractivity contribution in [2.24, 2.45) is 5.73 Å². The van der Waals surface area contributed by atoms with Gasteiger partial charge >= 0.3 is 0 Å². The summed E-state index contributed by atoms with van der Waals surface area (Å²) in [6.45, 7) is 0. The Labute approximate surface area is 113 Å². The lowest BCUT2D eigenvalue weighted by molar-refractivity contribution is -0.118. The maximum atomic E-state index is 11.7. The van der Waals surface area contributed by atoms with Crippen molar-refractivity contribution in [3.63, 3.8) is 0 Å². The van der Waals surface area contributed by atoms with E-state index in [4.69, 9.17) is 5.73 Å². The fourth-order valence-electron chi connectivity index (χ4n) is 2.87. The van der Waals surface area contributed by atoms with Gasteiger partial charge in [-0.3, -0.25) is 4.79 Å². The van der Waals surface area contributed by atoms with Crippen LogP contribution in [0, 0.1) is 0 Å². The fourth-order valence-corrected chi connectivity index (χ4v) is 2.87. The highest BCUT2D eigenvalue weighted by molar-refractivity contribution is 5.84. The largest absolute Gasteiger partial charge is 0.369 e. The number of hydrogen-bond donors (Lipinski definition) is 1. The summed E-state index contributed by atoms with van der Waals surface area (Å²) < 4.78 is 0. The fraction of sp³-hybridized carbons (Fsp3) is 0.235. The van der Waals surface area contributed by atoms with Crippen molar-refractivity contribution < 1.29 is 4.79 Å². The maximum Gasteiger partial charge on any atom is 0.228 e. The van der Waals surface area contributed by atoms with Gasteiger partial charge in [-0.25, -0.2) is 0 Å². The highest BCUT2D eigenvalue weighted by Crippen LogP contribution is 2.31. The first-order valence-corrected chi connectivity index (χ1v) is 6.69. The minimum Gasteiger partial charge on any atom is -0.369 e. The summed E-state index contributed by atoms with van der Waals surface area (Å²) >= 11 is 0. The van der Waals surface area contributed by atoms with Crippen LogP contribution in [0.2, 0.25) is 0 Å². The number of rotatable bonds is 1. The topological polar surface area (TPSA) is 43.1 Å². The SMILES string of the molecule is NC(=O)C1/C=C\C2=C(CCC=C2)Cc2ccccc21. The summed E-state index contributed by atoms with van der Waals surface area (Å²) in [4.78, 5) is 11.7. The van der Waals surface area contributed by atoms with Gasteiger partial charge in [-0.05, 0) is 36.0 Å². The van der Waals surface area contributed by atoms with Crippen LogP contribution >= 0.6 is 0 Å². The number of carbonyl (C=O) groups is 1. The van der Waals surface area contributed by atoms with E-state index in [0.717, 1.165) is 24.8 Å². The lowest BCUT2D eigenvalue weighted by Gasteiger charge is -2.21. The van der Waals surface area contributed by atoms with Crippen molar-refractivity contribution in [3.05, 3.63) is 70.8 Å². The predicted octanol–water partition coefficient (Wildman–Crippen LogP) is 3.01. The third kappa shape index (κ3) is 2.26. The van der Waals surface area contributed by atoms with Crippen LogP contribution in [0.15, 0.2) is 59.7 Å². The van der Waals surface area contributed by atoms with Gasteiger partial charge in [0, 0.05) is 0 Å². The monoisotopic (exact) mass is 251 g/mol. The summed E-state index contributed by atoms with van der Waals surface area (Å²) in [5.74, 6) is -0.604. The third-order valence-electron chi connectivity index (χ3n) is 3.89. The second-order valence-corrected chi connectivity index (χ2v) is 5.11. The lowest BCUT2D eigenvalue weighted by Crippen LogP contribution is -2.21. The molecule has 0 spiro atoms. The zero-order valence-corrected chi connectivity index (χ0v) is 10.8. The van der Waals surface area contributed by atoms with Crippen LogP contribution in [0.1, 0.15) is 29.9 Å². The molecule has 0 radical (unpaired) electrons. The van der Waals surface area contributed by atoms with Crippen LogP contribution in [0.25, 0.3) is 0 Å². The Kier molecular flexibility index (Phi) is 3.08. The molecule has 96 valence electrons. The van der Waals surface area contributed by atoms with Gasteiger partial charge in [0.2, 0.25) is 5.91 Å². The molecule has 0 fully saturated rings. The van der Waals surface area contributed by atoms with Crippen LogP contribution < -0.4 is 5.73 Å². The first-order valence-electron chi connectivity index (χ1n) is 6.69. The Morgan fingerprint density at radius 3 is 2.89 bits per heavy atom. The Morgan fingerprint density at radius 1 is 1.21 bits per heavy atom. The molecule has 2 heteroatoms. The molecular formula is C17H17NO. The van der Waals surface area contributed by atoms with E-state index in [1.807, 2.05) is 24.3 Å². The minimum atomic E-state index is -0.319. The Balaban J connectivity index is 2.14. The van der Waals surface area contributed by atoms with Gasteiger partial charge in [0.1, 0.15) is 0 Å². The van der Waals surface area contributed by atoms with Crippen molar-refractivity contribution in [2.45, 2.75) is 25.2 Å². The van der Waals surface area contributed by atoms with Crippen molar-refractivity contribution >= 4 is 5.91 Å². The molecule has 2 aliphatic carbocycles. The lowest BCUT2D eigenvalue weighted by atomic mass is 9.83. The van der Waals surface area contributed by atoms with Crippen molar-refractivity contribution in [1.29, 1.82) is 0 Å². The number of nitrogens with two attached hydrogens (primary N) is 1. The molecule has 0 aliphatic heterocycles. The van der Waals surface area contributed by atoms with E-state index in [9.17, 15) is 4.79 Å². The van der Waals surface area contributed by atoms with E-state index in [1.54, 1.807) is 0 Å². The van der Waals surface area contributed by atoms with Gasteiger partial charge < -0.3 is 5.73 Å². The quantitative estimate of drug-likeness (QED) is 0.819. The van der Waals surface area contributed by atoms with E-state index in [-0.39, 0.29) is 11.8 Å². The summed E-state index contributed by atoms with van der Waals surface area (Å²) in [5, 5.41) is 0. The van der Waals surface area contributed by atoms with E-state index < -0.39 is 0 Å². The van der Waals surface area contributed by atoms with Crippen LogP contribution in [0.5, 0.6) is 0 Å². The molecule has 2 N–H and O–H groups in total. The smallest absolute Gasteiger partial charge is 0.228 e. The second kappa shape index (κ2) is 4.88. The molecule has 1 aromatic carbocycles. The molecule has 2 aliphatic rings. The van der Waals surface area contributed by atoms with E-state index in [1.165, 1.54) is 16.7 Å². The van der Waals surface area contributed by atoms with Crippen LogP contribution in [-0.2, 0) is 11.2 Å². The third-order valence-corrected chi connectivity index (χ3v) is 3.89. The first-order chi connectivity index (χ1) is 9.25. The number of fused-ring (bicyclic) bond motifs is 1. The average molecular weight is 251 g/mol. The van der Waals surface area contributed by atoms with E-state index in [0.29, 0.717) is 0 Å². The molecule has 0 heterocycles. The number of primary amides is 1. The predicted molar refractivity (Wildman–Crippen MR) is 76.6 cm³/mol. The Hall–Kier alpha value is -2.09. The standard InChI is InChI=1S/C17H17NO/c18-17(19)16-10-9-12-5-1-2-6-13(12)11-14-7-3-4-8-15(14)16/h1,3-5,7-10,16H,2,6,11H2,(H2,18,19)/b10-9-. The van der Waals surface area contributed by atoms with Crippen molar-refractivity contribution in [1.82, 2.24) is 0 Å². The van der Waals surface area contributed by atoms with E-state index in [2.05, 4.69) is 24.3 Å². The summed E-state index contributed by atoms with van der Waals surface area (Å²) in [7, 11) is 0. The molecule has 1 unspecified atom stereocenters. The molecule has 19 heavy (non-hydrogen) atoms. The number of hydrogen-bond acceptors (Lipinski definition) is 1. The van der Waals surface area contributed by atoms with Crippen molar-refractivity contribution in [3.8, 4) is 0 Å². The van der Waals surface area contributed by atoms with Crippen molar-refractivity contribution in [2.75, 3.05) is 0 Å².